The minimum absolute atomic E-state index is 0.0646. The average molecular weight is 344 g/mol. The lowest BCUT2D eigenvalue weighted by atomic mass is 9.97. The summed E-state index contributed by atoms with van der Waals surface area (Å²) in [4.78, 5) is 12.5. The number of aryl methyl sites for hydroxylation is 2. The fourth-order valence-electron chi connectivity index (χ4n) is 3.35. The molecular formula is C18H25N5S. The molecular weight excluding hydrogens is 318 g/mol. The zero-order chi connectivity index (χ0) is 17.3. The van der Waals surface area contributed by atoms with E-state index in [0.29, 0.717) is 0 Å². The third kappa shape index (κ3) is 3.30. The summed E-state index contributed by atoms with van der Waals surface area (Å²) >= 11 is 5.65. The van der Waals surface area contributed by atoms with Crippen LogP contribution in [0.3, 0.4) is 0 Å². The summed E-state index contributed by atoms with van der Waals surface area (Å²) in [5.74, 6) is 0. The molecule has 0 amide bonds. The van der Waals surface area contributed by atoms with Crippen molar-refractivity contribution in [2.45, 2.75) is 25.9 Å². The van der Waals surface area contributed by atoms with Crippen LogP contribution in [-0.4, -0.2) is 52.1 Å². The van der Waals surface area contributed by atoms with Crippen molar-refractivity contribution in [1.29, 1.82) is 0 Å². The maximum Gasteiger partial charge on any atom is 0.170 e. The number of likely N-dealkylation sites (N-methyl/N-ethyl adjacent to an activating group) is 1. The lowest BCUT2D eigenvalue weighted by Crippen LogP contribution is -2.35. The van der Waals surface area contributed by atoms with Gasteiger partial charge < -0.3 is 20.1 Å². The Labute approximate surface area is 149 Å². The Morgan fingerprint density at radius 1 is 1.29 bits per heavy atom. The SMILES string of the molecule is Cc1cc([C@H]2[C@H](c3ccccn3)NC(=S)N2CCN(C)C)c(C)[nH]1. The Hall–Kier alpha value is -1.92. The second-order valence-corrected chi connectivity index (χ2v) is 7.04. The number of rotatable bonds is 5. The minimum Gasteiger partial charge on any atom is -0.362 e. The second kappa shape index (κ2) is 6.91. The number of nitrogens with zero attached hydrogens (tertiary/aromatic N) is 3. The van der Waals surface area contributed by atoms with Gasteiger partial charge in [0.15, 0.2) is 5.11 Å². The molecule has 128 valence electrons. The third-order valence-corrected chi connectivity index (χ3v) is 4.85. The van der Waals surface area contributed by atoms with Gasteiger partial charge in [-0.15, -0.1) is 0 Å². The van der Waals surface area contributed by atoms with Crippen molar-refractivity contribution in [3.63, 3.8) is 0 Å². The van der Waals surface area contributed by atoms with Crippen molar-refractivity contribution < 1.29 is 0 Å². The van der Waals surface area contributed by atoms with Crippen LogP contribution < -0.4 is 5.32 Å². The normalized spacial score (nSPS) is 20.7. The van der Waals surface area contributed by atoms with Gasteiger partial charge in [0.05, 0.1) is 17.8 Å². The van der Waals surface area contributed by atoms with Crippen LogP contribution in [0.1, 0.15) is 34.7 Å². The summed E-state index contributed by atoms with van der Waals surface area (Å²) in [6.07, 6.45) is 1.84. The smallest absolute Gasteiger partial charge is 0.170 e. The maximum absolute atomic E-state index is 5.65. The van der Waals surface area contributed by atoms with E-state index in [2.05, 4.69) is 65.2 Å². The first kappa shape index (κ1) is 16.9. The first-order chi connectivity index (χ1) is 11.5. The molecule has 2 N–H and O–H groups in total. The minimum atomic E-state index is 0.0646. The second-order valence-electron chi connectivity index (χ2n) is 6.66. The van der Waals surface area contributed by atoms with E-state index >= 15 is 0 Å². The van der Waals surface area contributed by atoms with Crippen molar-refractivity contribution >= 4 is 17.3 Å². The molecule has 2 aromatic heterocycles. The van der Waals surface area contributed by atoms with Crippen molar-refractivity contribution in [2.75, 3.05) is 27.2 Å². The van der Waals surface area contributed by atoms with E-state index in [0.717, 1.165) is 23.9 Å². The van der Waals surface area contributed by atoms with E-state index in [9.17, 15) is 0 Å². The molecule has 0 bridgehead atoms. The fraction of sp³-hybridized carbons (Fsp3) is 0.444. The molecule has 24 heavy (non-hydrogen) atoms. The molecule has 2 aromatic rings. The van der Waals surface area contributed by atoms with Gasteiger partial charge >= 0.3 is 0 Å². The first-order valence-electron chi connectivity index (χ1n) is 8.26. The molecule has 0 spiro atoms. The van der Waals surface area contributed by atoms with Gasteiger partial charge in [-0.25, -0.2) is 0 Å². The van der Waals surface area contributed by atoms with E-state index < -0.39 is 0 Å². The molecule has 0 radical (unpaired) electrons. The average Bonchev–Trinajstić information content (AvgIpc) is 3.04. The number of pyridine rings is 1. The molecule has 2 atom stereocenters. The third-order valence-electron chi connectivity index (χ3n) is 4.49. The van der Waals surface area contributed by atoms with Crippen LogP contribution in [0.5, 0.6) is 0 Å². The van der Waals surface area contributed by atoms with E-state index in [4.69, 9.17) is 12.2 Å². The summed E-state index contributed by atoms with van der Waals surface area (Å²) < 4.78 is 0. The van der Waals surface area contributed by atoms with Gasteiger partial charge in [-0.05, 0) is 63.9 Å². The molecule has 0 aromatic carbocycles. The van der Waals surface area contributed by atoms with Crippen LogP contribution in [0.2, 0.25) is 0 Å². The van der Waals surface area contributed by atoms with Gasteiger partial charge in [0.1, 0.15) is 0 Å². The molecule has 1 aliphatic heterocycles. The number of hydrogen-bond acceptors (Lipinski definition) is 3. The largest absolute Gasteiger partial charge is 0.362 e. The summed E-state index contributed by atoms with van der Waals surface area (Å²) in [5.41, 5.74) is 4.68. The summed E-state index contributed by atoms with van der Waals surface area (Å²) in [7, 11) is 4.17. The van der Waals surface area contributed by atoms with E-state index in [1.54, 1.807) is 0 Å². The topological polar surface area (TPSA) is 47.2 Å². The van der Waals surface area contributed by atoms with E-state index in [1.165, 1.54) is 17.0 Å². The number of H-pyrrole nitrogens is 1. The molecule has 0 saturated carbocycles. The van der Waals surface area contributed by atoms with Crippen molar-refractivity contribution in [2.24, 2.45) is 0 Å². The zero-order valence-corrected chi connectivity index (χ0v) is 15.5. The maximum atomic E-state index is 5.65. The van der Waals surface area contributed by atoms with Crippen LogP contribution in [0.4, 0.5) is 0 Å². The Kier molecular flexibility index (Phi) is 4.87. The zero-order valence-electron chi connectivity index (χ0n) is 14.7. The molecule has 0 aliphatic carbocycles. The number of aromatic amines is 1. The predicted molar refractivity (Wildman–Crippen MR) is 101 cm³/mol. The summed E-state index contributed by atoms with van der Waals surface area (Å²) in [6, 6.07) is 8.49. The van der Waals surface area contributed by atoms with Gasteiger partial charge in [0.2, 0.25) is 0 Å². The molecule has 6 heteroatoms. The highest BCUT2D eigenvalue weighted by atomic mass is 32.1. The standard InChI is InChI=1S/C18H25N5S/c1-12-11-14(13(2)20-12)17-16(15-7-5-6-8-19-15)21-18(24)23(17)10-9-22(3)4/h5-8,11,16-17,20H,9-10H2,1-4H3,(H,21,24)/t16-,17-/m0/s1. The van der Waals surface area contributed by atoms with Crippen LogP contribution in [0.15, 0.2) is 30.5 Å². The molecule has 1 saturated heterocycles. The Bertz CT molecular complexity index is 709. The molecule has 1 fully saturated rings. The molecule has 3 heterocycles. The van der Waals surface area contributed by atoms with Crippen molar-refractivity contribution in [1.82, 2.24) is 25.1 Å². The molecule has 1 aliphatic rings. The van der Waals surface area contributed by atoms with Crippen molar-refractivity contribution in [3.05, 3.63) is 53.1 Å². The predicted octanol–water partition coefficient (Wildman–Crippen LogP) is 2.56. The van der Waals surface area contributed by atoms with Gasteiger partial charge in [-0.3, -0.25) is 4.98 Å². The fourth-order valence-corrected chi connectivity index (χ4v) is 3.68. The number of nitrogens with one attached hydrogen (secondary N) is 2. The highest BCUT2D eigenvalue weighted by Gasteiger charge is 2.40. The number of hydrogen-bond donors (Lipinski definition) is 2. The van der Waals surface area contributed by atoms with Gasteiger partial charge in [-0.1, -0.05) is 6.07 Å². The van der Waals surface area contributed by atoms with Crippen molar-refractivity contribution in [3.8, 4) is 0 Å². The highest BCUT2D eigenvalue weighted by molar-refractivity contribution is 7.80. The lowest BCUT2D eigenvalue weighted by Gasteiger charge is -2.28. The molecule has 0 unspecified atom stereocenters. The quantitative estimate of drug-likeness (QED) is 0.817. The van der Waals surface area contributed by atoms with Gasteiger partial charge in [0, 0.05) is 30.7 Å². The molecule has 5 nitrogen and oxygen atoms in total. The number of thiocarbonyl (C=S) groups is 1. The Morgan fingerprint density at radius 3 is 2.67 bits per heavy atom. The van der Waals surface area contributed by atoms with Gasteiger partial charge in [0.25, 0.3) is 0 Å². The summed E-state index contributed by atoms with van der Waals surface area (Å²) in [5, 5.41) is 4.29. The monoisotopic (exact) mass is 343 g/mol. The van der Waals surface area contributed by atoms with Crippen LogP contribution in [0, 0.1) is 13.8 Å². The van der Waals surface area contributed by atoms with Crippen LogP contribution in [-0.2, 0) is 0 Å². The number of aromatic nitrogens is 2. The lowest BCUT2D eigenvalue weighted by molar-refractivity contribution is 0.277. The highest BCUT2D eigenvalue weighted by Crippen LogP contribution is 2.39. The molecule has 3 rings (SSSR count). The van der Waals surface area contributed by atoms with E-state index in [-0.39, 0.29) is 12.1 Å². The van der Waals surface area contributed by atoms with E-state index in [1.807, 2.05) is 18.3 Å². The van der Waals surface area contributed by atoms with Crippen LogP contribution in [0.25, 0.3) is 0 Å². The van der Waals surface area contributed by atoms with Crippen LogP contribution >= 0.6 is 12.2 Å². The Balaban J connectivity index is 1.99. The Morgan fingerprint density at radius 2 is 2.08 bits per heavy atom. The van der Waals surface area contributed by atoms with Gasteiger partial charge in [-0.2, -0.15) is 0 Å². The first-order valence-corrected chi connectivity index (χ1v) is 8.67. The summed E-state index contributed by atoms with van der Waals surface area (Å²) in [6.45, 7) is 6.06.